The molecule has 14 heavy (non-hydrogen) atoms. The summed E-state index contributed by atoms with van der Waals surface area (Å²) in [5.74, 6) is 0.641. The highest BCUT2D eigenvalue weighted by molar-refractivity contribution is 7.85. The molecule has 0 aliphatic heterocycles. The Morgan fingerprint density at radius 1 is 1.14 bits per heavy atom. The summed E-state index contributed by atoms with van der Waals surface area (Å²) < 4.78 is 30.9. The molecular formula is C9H20O4S. The van der Waals surface area contributed by atoms with E-state index in [-0.39, 0.29) is 6.61 Å². The van der Waals surface area contributed by atoms with Crippen molar-refractivity contribution < 1.29 is 17.3 Å². The predicted molar refractivity (Wildman–Crippen MR) is 55.7 cm³/mol. The predicted octanol–water partition coefficient (Wildman–Crippen LogP) is 1.42. The largest absolute Gasteiger partial charge is 0.381 e. The fourth-order valence-corrected chi connectivity index (χ4v) is 1.21. The molecule has 0 amide bonds. The molecule has 0 saturated carbocycles. The van der Waals surface area contributed by atoms with Crippen molar-refractivity contribution in [3.8, 4) is 0 Å². The van der Waals surface area contributed by atoms with Crippen molar-refractivity contribution in [1.29, 1.82) is 0 Å². The molecule has 0 radical (unpaired) electrons. The second-order valence-electron chi connectivity index (χ2n) is 3.67. The van der Waals surface area contributed by atoms with Crippen LogP contribution in [0.15, 0.2) is 0 Å². The van der Waals surface area contributed by atoms with Gasteiger partial charge in [-0.15, -0.1) is 0 Å². The summed E-state index contributed by atoms with van der Waals surface area (Å²) in [5.41, 5.74) is 0. The lowest BCUT2D eigenvalue weighted by atomic mass is 10.1. The summed E-state index contributed by atoms with van der Waals surface area (Å²) in [6, 6.07) is 0. The van der Waals surface area contributed by atoms with E-state index in [0.29, 0.717) is 18.9 Å². The molecule has 0 aliphatic rings. The van der Waals surface area contributed by atoms with Gasteiger partial charge in [-0.25, -0.2) is 0 Å². The molecule has 0 heterocycles. The zero-order valence-corrected chi connectivity index (χ0v) is 9.97. The molecule has 0 rings (SSSR count). The topological polar surface area (TPSA) is 52.6 Å². The molecule has 5 heteroatoms. The third kappa shape index (κ3) is 11.9. The normalized spacial score (nSPS) is 12.3. The van der Waals surface area contributed by atoms with E-state index >= 15 is 0 Å². The monoisotopic (exact) mass is 224 g/mol. The molecule has 0 unspecified atom stereocenters. The summed E-state index contributed by atoms with van der Waals surface area (Å²) in [5, 5.41) is 0. The van der Waals surface area contributed by atoms with E-state index in [4.69, 9.17) is 4.74 Å². The fraction of sp³-hybridized carbons (Fsp3) is 1.00. The Labute approximate surface area is 86.7 Å². The first-order valence-electron chi connectivity index (χ1n) is 4.84. The molecule has 0 aromatic heterocycles. The van der Waals surface area contributed by atoms with Crippen molar-refractivity contribution in [1.82, 2.24) is 0 Å². The maximum atomic E-state index is 10.5. The van der Waals surface area contributed by atoms with E-state index in [0.717, 1.165) is 19.3 Å². The summed E-state index contributed by atoms with van der Waals surface area (Å²) in [4.78, 5) is 0. The van der Waals surface area contributed by atoms with Gasteiger partial charge in [0.1, 0.15) is 0 Å². The Balaban J connectivity index is 3.15. The van der Waals surface area contributed by atoms with Gasteiger partial charge in [-0.1, -0.05) is 13.8 Å². The fourth-order valence-electron chi connectivity index (χ4n) is 0.792. The van der Waals surface area contributed by atoms with Gasteiger partial charge in [-0.3, -0.25) is 4.18 Å². The van der Waals surface area contributed by atoms with Gasteiger partial charge in [-0.2, -0.15) is 8.42 Å². The highest BCUT2D eigenvalue weighted by Gasteiger charge is 2.00. The molecule has 0 bridgehead atoms. The number of rotatable bonds is 8. The van der Waals surface area contributed by atoms with Crippen molar-refractivity contribution in [2.75, 3.05) is 26.1 Å². The van der Waals surface area contributed by atoms with E-state index in [2.05, 4.69) is 18.0 Å². The average Bonchev–Trinajstić information content (AvgIpc) is 2.00. The molecule has 0 aromatic carbocycles. The van der Waals surface area contributed by atoms with Crippen LogP contribution in [-0.4, -0.2) is 34.5 Å². The van der Waals surface area contributed by atoms with Gasteiger partial charge in [0.2, 0.25) is 0 Å². The van der Waals surface area contributed by atoms with E-state index in [1.165, 1.54) is 0 Å². The Bertz CT molecular complexity index is 221. The molecule has 0 aliphatic carbocycles. The lowest BCUT2D eigenvalue weighted by molar-refractivity contribution is 0.111. The number of hydrogen-bond donors (Lipinski definition) is 0. The zero-order chi connectivity index (χ0) is 11.0. The maximum absolute atomic E-state index is 10.5. The summed E-state index contributed by atoms with van der Waals surface area (Å²) in [6.07, 6.45) is 2.70. The van der Waals surface area contributed by atoms with Crippen molar-refractivity contribution in [2.24, 2.45) is 5.92 Å². The summed E-state index contributed by atoms with van der Waals surface area (Å²) in [7, 11) is -3.29. The van der Waals surface area contributed by atoms with Gasteiger partial charge >= 0.3 is 0 Å². The molecule has 0 aromatic rings. The van der Waals surface area contributed by atoms with Crippen LogP contribution in [0.3, 0.4) is 0 Å². The minimum Gasteiger partial charge on any atom is -0.381 e. The van der Waals surface area contributed by atoms with Crippen LogP contribution in [0, 0.1) is 5.92 Å². The minimum absolute atomic E-state index is 0.209. The van der Waals surface area contributed by atoms with E-state index in [1.807, 2.05) is 0 Å². The van der Waals surface area contributed by atoms with Crippen LogP contribution in [0.1, 0.15) is 26.7 Å². The summed E-state index contributed by atoms with van der Waals surface area (Å²) in [6.45, 7) is 5.77. The third-order valence-electron chi connectivity index (χ3n) is 1.57. The zero-order valence-electron chi connectivity index (χ0n) is 9.15. The molecule has 0 N–H and O–H groups in total. The van der Waals surface area contributed by atoms with Gasteiger partial charge in [0.05, 0.1) is 12.9 Å². The molecule has 0 saturated heterocycles. The number of hydrogen-bond acceptors (Lipinski definition) is 4. The van der Waals surface area contributed by atoms with Crippen molar-refractivity contribution in [3.05, 3.63) is 0 Å². The van der Waals surface area contributed by atoms with Crippen molar-refractivity contribution in [2.45, 2.75) is 26.7 Å². The second kappa shape index (κ2) is 7.20. The van der Waals surface area contributed by atoms with E-state index < -0.39 is 10.1 Å². The minimum atomic E-state index is -3.29. The smallest absolute Gasteiger partial charge is 0.264 e. The first kappa shape index (κ1) is 13.9. The van der Waals surface area contributed by atoms with Crippen LogP contribution in [-0.2, 0) is 19.0 Å². The Morgan fingerprint density at radius 3 is 2.29 bits per heavy atom. The highest BCUT2D eigenvalue weighted by atomic mass is 32.2. The molecule has 86 valence electrons. The lowest BCUT2D eigenvalue weighted by Crippen LogP contribution is -2.07. The summed E-state index contributed by atoms with van der Waals surface area (Å²) >= 11 is 0. The van der Waals surface area contributed by atoms with Crippen molar-refractivity contribution >= 4 is 10.1 Å². The van der Waals surface area contributed by atoms with Crippen molar-refractivity contribution in [3.63, 3.8) is 0 Å². The average molecular weight is 224 g/mol. The van der Waals surface area contributed by atoms with Gasteiger partial charge in [0.25, 0.3) is 10.1 Å². The van der Waals surface area contributed by atoms with Crippen LogP contribution in [0.2, 0.25) is 0 Å². The SMILES string of the molecule is CC(C)CCOCCCOS(C)(=O)=O. The molecule has 0 spiro atoms. The Kier molecular flexibility index (Phi) is 7.13. The van der Waals surface area contributed by atoms with Crippen LogP contribution < -0.4 is 0 Å². The Hall–Kier alpha value is -0.130. The lowest BCUT2D eigenvalue weighted by Gasteiger charge is -2.05. The highest BCUT2D eigenvalue weighted by Crippen LogP contribution is 1.99. The van der Waals surface area contributed by atoms with Crippen LogP contribution >= 0.6 is 0 Å². The van der Waals surface area contributed by atoms with Crippen LogP contribution in [0.25, 0.3) is 0 Å². The molecule has 0 fully saturated rings. The Morgan fingerprint density at radius 2 is 1.79 bits per heavy atom. The molecule has 0 atom stereocenters. The quantitative estimate of drug-likeness (QED) is 0.462. The van der Waals surface area contributed by atoms with Gasteiger partial charge in [-0.05, 0) is 18.8 Å². The van der Waals surface area contributed by atoms with E-state index in [1.54, 1.807) is 0 Å². The van der Waals surface area contributed by atoms with Crippen LogP contribution in [0.5, 0.6) is 0 Å². The molecule has 4 nitrogen and oxygen atoms in total. The molecular weight excluding hydrogens is 204 g/mol. The maximum Gasteiger partial charge on any atom is 0.264 e. The van der Waals surface area contributed by atoms with Gasteiger partial charge < -0.3 is 4.74 Å². The third-order valence-corrected chi connectivity index (χ3v) is 2.16. The van der Waals surface area contributed by atoms with Gasteiger partial charge in [0.15, 0.2) is 0 Å². The number of ether oxygens (including phenoxy) is 1. The van der Waals surface area contributed by atoms with Gasteiger partial charge in [0, 0.05) is 13.2 Å². The first-order valence-corrected chi connectivity index (χ1v) is 6.65. The first-order chi connectivity index (χ1) is 6.42. The standard InChI is InChI=1S/C9H20O4S/c1-9(2)5-8-12-6-4-7-13-14(3,10)11/h9H,4-8H2,1-3H3. The second-order valence-corrected chi connectivity index (χ2v) is 5.32. The van der Waals surface area contributed by atoms with Crippen LogP contribution in [0.4, 0.5) is 0 Å². The van der Waals surface area contributed by atoms with E-state index in [9.17, 15) is 8.42 Å².